The van der Waals surface area contributed by atoms with Gasteiger partial charge in [-0.1, -0.05) is 23.7 Å². The van der Waals surface area contributed by atoms with Crippen molar-refractivity contribution in [1.29, 1.82) is 0 Å². The third-order valence-electron chi connectivity index (χ3n) is 2.22. The van der Waals surface area contributed by atoms with E-state index in [4.69, 9.17) is 22.1 Å². The van der Waals surface area contributed by atoms with Crippen LogP contribution in [-0.4, -0.2) is 12.1 Å². The van der Waals surface area contributed by atoms with Gasteiger partial charge in [-0.25, -0.2) is 0 Å². The average Bonchev–Trinajstić information content (AvgIpc) is 2.29. The van der Waals surface area contributed by atoms with Gasteiger partial charge in [0.15, 0.2) is 0 Å². The third kappa shape index (κ3) is 1.95. The number of aromatic nitrogens is 1. The molecule has 0 atom stereocenters. The number of para-hydroxylation sites is 1. The summed E-state index contributed by atoms with van der Waals surface area (Å²) < 4.78 is 5.26. The van der Waals surface area contributed by atoms with Gasteiger partial charge in [-0.05, 0) is 18.2 Å². The number of nitrogens with two attached hydrogens (primary N) is 1. The summed E-state index contributed by atoms with van der Waals surface area (Å²) >= 11 is 6.09. The largest absolute Gasteiger partial charge is 0.496 e. The Morgan fingerprint density at radius 2 is 2.06 bits per heavy atom. The van der Waals surface area contributed by atoms with Gasteiger partial charge in [0.1, 0.15) is 5.75 Å². The Morgan fingerprint density at radius 1 is 1.31 bits per heavy atom. The monoisotopic (exact) mass is 234 g/mol. The number of ether oxygens (including phenoxy) is 1. The summed E-state index contributed by atoms with van der Waals surface area (Å²) in [5.74, 6) is 0.738. The molecule has 3 nitrogen and oxygen atoms in total. The van der Waals surface area contributed by atoms with Crippen LogP contribution in [0, 0.1) is 0 Å². The van der Waals surface area contributed by atoms with Crippen LogP contribution in [0.4, 0.5) is 5.69 Å². The van der Waals surface area contributed by atoms with Crippen molar-refractivity contribution in [3.63, 3.8) is 0 Å². The van der Waals surface area contributed by atoms with Crippen LogP contribution in [0.3, 0.4) is 0 Å². The molecule has 0 amide bonds. The quantitative estimate of drug-likeness (QED) is 0.869. The van der Waals surface area contributed by atoms with Crippen molar-refractivity contribution in [2.45, 2.75) is 0 Å². The first-order valence-corrected chi connectivity index (χ1v) is 5.14. The van der Waals surface area contributed by atoms with Gasteiger partial charge < -0.3 is 10.5 Å². The van der Waals surface area contributed by atoms with Crippen LogP contribution in [0.5, 0.6) is 5.75 Å². The Hall–Kier alpha value is -1.74. The highest BCUT2D eigenvalue weighted by molar-refractivity contribution is 6.33. The molecule has 0 spiro atoms. The fourth-order valence-electron chi connectivity index (χ4n) is 1.49. The number of pyridine rings is 1. The number of anilines is 1. The summed E-state index contributed by atoms with van der Waals surface area (Å²) in [6.45, 7) is 0. The van der Waals surface area contributed by atoms with Gasteiger partial charge in [-0.2, -0.15) is 0 Å². The predicted octanol–water partition coefficient (Wildman–Crippen LogP) is 2.99. The minimum Gasteiger partial charge on any atom is -0.496 e. The molecule has 2 N–H and O–H groups in total. The number of methoxy groups -OCH3 is 1. The fraction of sp³-hybridized carbons (Fsp3) is 0.0833. The second kappa shape index (κ2) is 4.41. The predicted molar refractivity (Wildman–Crippen MR) is 65.6 cm³/mol. The lowest BCUT2D eigenvalue weighted by atomic mass is 10.1. The standard InChI is InChI=1S/C12H11ClN2O/c1-16-11-5-3-2-4-9(11)12-10(13)6-8(14)7-15-12/h2-7H,14H2,1H3. The summed E-state index contributed by atoms with van der Waals surface area (Å²) in [5, 5.41) is 0.518. The lowest BCUT2D eigenvalue weighted by molar-refractivity contribution is 0.416. The van der Waals surface area contributed by atoms with E-state index in [0.717, 1.165) is 11.3 Å². The smallest absolute Gasteiger partial charge is 0.128 e. The molecule has 4 heteroatoms. The second-order valence-corrected chi connectivity index (χ2v) is 3.71. The summed E-state index contributed by atoms with van der Waals surface area (Å²) in [4.78, 5) is 4.22. The van der Waals surface area contributed by atoms with Crippen molar-refractivity contribution in [3.8, 4) is 17.0 Å². The molecular weight excluding hydrogens is 224 g/mol. The molecule has 1 heterocycles. The molecule has 82 valence electrons. The van der Waals surface area contributed by atoms with Crippen LogP contribution in [0.1, 0.15) is 0 Å². The Bertz CT molecular complexity index is 514. The van der Waals surface area contributed by atoms with Crippen LogP contribution in [0.15, 0.2) is 36.5 Å². The highest BCUT2D eigenvalue weighted by Gasteiger charge is 2.10. The zero-order valence-electron chi connectivity index (χ0n) is 8.77. The Kier molecular flexibility index (Phi) is 2.97. The molecule has 0 unspecified atom stereocenters. The van der Waals surface area contributed by atoms with Gasteiger partial charge in [-0.3, -0.25) is 4.98 Å². The van der Waals surface area contributed by atoms with E-state index in [-0.39, 0.29) is 0 Å². The van der Waals surface area contributed by atoms with E-state index in [2.05, 4.69) is 4.98 Å². The molecule has 0 saturated heterocycles. The number of rotatable bonds is 2. The molecule has 0 aliphatic rings. The molecule has 1 aromatic carbocycles. The van der Waals surface area contributed by atoms with E-state index >= 15 is 0 Å². The van der Waals surface area contributed by atoms with Crippen molar-refractivity contribution in [1.82, 2.24) is 4.98 Å². The molecule has 0 fully saturated rings. The Morgan fingerprint density at radius 3 is 2.75 bits per heavy atom. The van der Waals surface area contributed by atoms with E-state index in [0.29, 0.717) is 16.4 Å². The third-order valence-corrected chi connectivity index (χ3v) is 2.51. The first kappa shape index (κ1) is 10.8. The lowest BCUT2D eigenvalue weighted by Crippen LogP contribution is -1.93. The molecule has 1 aromatic heterocycles. The zero-order valence-corrected chi connectivity index (χ0v) is 9.53. The molecule has 2 aromatic rings. The van der Waals surface area contributed by atoms with Gasteiger partial charge in [0, 0.05) is 5.56 Å². The Balaban J connectivity index is 2.58. The van der Waals surface area contributed by atoms with Crippen molar-refractivity contribution < 1.29 is 4.74 Å². The molecule has 0 saturated carbocycles. The van der Waals surface area contributed by atoms with Crippen molar-refractivity contribution in [2.24, 2.45) is 0 Å². The second-order valence-electron chi connectivity index (χ2n) is 3.30. The van der Waals surface area contributed by atoms with Gasteiger partial charge in [-0.15, -0.1) is 0 Å². The summed E-state index contributed by atoms with van der Waals surface area (Å²) in [6, 6.07) is 9.25. The number of nitrogen functional groups attached to an aromatic ring is 1. The van der Waals surface area contributed by atoms with Gasteiger partial charge in [0.2, 0.25) is 0 Å². The van der Waals surface area contributed by atoms with Crippen molar-refractivity contribution >= 4 is 17.3 Å². The van der Waals surface area contributed by atoms with Crippen molar-refractivity contribution in [2.75, 3.05) is 12.8 Å². The molecule has 0 aliphatic heterocycles. The van der Waals surface area contributed by atoms with Gasteiger partial charge in [0.05, 0.1) is 29.7 Å². The summed E-state index contributed by atoms with van der Waals surface area (Å²) in [7, 11) is 1.62. The maximum Gasteiger partial charge on any atom is 0.128 e. The minimum absolute atomic E-state index is 0.518. The number of hydrogen-bond acceptors (Lipinski definition) is 3. The van der Waals surface area contributed by atoms with Crippen LogP contribution < -0.4 is 10.5 Å². The van der Waals surface area contributed by atoms with E-state index in [1.807, 2.05) is 24.3 Å². The molecule has 0 bridgehead atoms. The van der Waals surface area contributed by atoms with E-state index in [9.17, 15) is 0 Å². The summed E-state index contributed by atoms with van der Waals surface area (Å²) in [6.07, 6.45) is 1.58. The number of halogens is 1. The van der Waals surface area contributed by atoms with Gasteiger partial charge >= 0.3 is 0 Å². The van der Waals surface area contributed by atoms with E-state index < -0.39 is 0 Å². The fourth-order valence-corrected chi connectivity index (χ4v) is 1.77. The number of benzene rings is 1. The van der Waals surface area contributed by atoms with Crippen LogP contribution in [-0.2, 0) is 0 Å². The van der Waals surface area contributed by atoms with Crippen LogP contribution >= 0.6 is 11.6 Å². The zero-order chi connectivity index (χ0) is 11.5. The average molecular weight is 235 g/mol. The van der Waals surface area contributed by atoms with E-state index in [1.54, 1.807) is 19.4 Å². The van der Waals surface area contributed by atoms with Crippen LogP contribution in [0.2, 0.25) is 5.02 Å². The van der Waals surface area contributed by atoms with E-state index in [1.165, 1.54) is 0 Å². The number of nitrogens with zero attached hydrogens (tertiary/aromatic N) is 1. The van der Waals surface area contributed by atoms with Crippen molar-refractivity contribution in [3.05, 3.63) is 41.6 Å². The highest BCUT2D eigenvalue weighted by atomic mass is 35.5. The maximum atomic E-state index is 6.09. The summed E-state index contributed by atoms with van der Waals surface area (Å²) in [5.41, 5.74) is 7.67. The highest BCUT2D eigenvalue weighted by Crippen LogP contribution is 2.33. The number of hydrogen-bond donors (Lipinski definition) is 1. The molecule has 2 rings (SSSR count). The van der Waals surface area contributed by atoms with Gasteiger partial charge in [0.25, 0.3) is 0 Å². The molecule has 0 aliphatic carbocycles. The molecule has 16 heavy (non-hydrogen) atoms. The van der Waals surface area contributed by atoms with Crippen LogP contribution in [0.25, 0.3) is 11.3 Å². The molecule has 0 radical (unpaired) electrons. The minimum atomic E-state index is 0.518. The lowest BCUT2D eigenvalue weighted by Gasteiger charge is -2.09. The SMILES string of the molecule is COc1ccccc1-c1ncc(N)cc1Cl. The topological polar surface area (TPSA) is 48.1 Å². The Labute approximate surface area is 98.8 Å². The molecular formula is C12H11ClN2O. The first-order chi connectivity index (χ1) is 7.72. The maximum absolute atomic E-state index is 6.09. The first-order valence-electron chi connectivity index (χ1n) is 4.77. The normalized spacial score (nSPS) is 10.1.